The molecule has 2 aromatic rings. The number of pyridine rings is 1. The van der Waals surface area contributed by atoms with Crippen LogP contribution >= 0.6 is 0 Å². The van der Waals surface area contributed by atoms with Crippen molar-refractivity contribution in [3.8, 4) is 0 Å². The second kappa shape index (κ2) is 7.09. The molecule has 0 fully saturated rings. The summed E-state index contributed by atoms with van der Waals surface area (Å²) in [4.78, 5) is 4.12. The first-order valence-electron chi connectivity index (χ1n) is 6.42. The predicted octanol–water partition coefficient (Wildman–Crippen LogP) is 2.75. The molecule has 0 bridgehead atoms. The highest BCUT2D eigenvalue weighted by molar-refractivity contribution is 5.81. The highest BCUT2D eigenvalue weighted by Gasteiger charge is 1.96. The third-order valence-electron chi connectivity index (χ3n) is 2.99. The van der Waals surface area contributed by atoms with Crippen molar-refractivity contribution in [2.24, 2.45) is 0 Å². The minimum absolute atomic E-state index is 0.852. The fourth-order valence-electron chi connectivity index (χ4n) is 1.97. The van der Waals surface area contributed by atoms with Crippen LogP contribution in [0.25, 0.3) is 10.8 Å². The number of methoxy groups -OCH3 is 1. The summed E-state index contributed by atoms with van der Waals surface area (Å²) in [5, 5.41) is 5.90. The van der Waals surface area contributed by atoms with Crippen molar-refractivity contribution in [3.63, 3.8) is 0 Å². The van der Waals surface area contributed by atoms with Crippen LogP contribution in [0.4, 0.5) is 0 Å². The van der Waals surface area contributed by atoms with Crippen LogP contribution in [0.3, 0.4) is 0 Å². The third kappa shape index (κ3) is 3.79. The van der Waals surface area contributed by atoms with Crippen LogP contribution < -0.4 is 5.32 Å². The number of rotatable bonds is 7. The Morgan fingerprint density at radius 1 is 1.17 bits per heavy atom. The Balaban J connectivity index is 1.81. The molecule has 3 nitrogen and oxygen atoms in total. The Kier molecular flexibility index (Phi) is 5.12. The van der Waals surface area contributed by atoms with Crippen molar-refractivity contribution in [2.45, 2.75) is 19.4 Å². The molecule has 2 rings (SSSR count). The second-order valence-electron chi connectivity index (χ2n) is 4.43. The highest BCUT2D eigenvalue weighted by atomic mass is 16.5. The summed E-state index contributed by atoms with van der Waals surface area (Å²) in [7, 11) is 1.75. The molecule has 1 heterocycles. The highest BCUT2D eigenvalue weighted by Crippen LogP contribution is 2.14. The van der Waals surface area contributed by atoms with Crippen molar-refractivity contribution in [2.75, 3.05) is 20.3 Å². The zero-order valence-electron chi connectivity index (χ0n) is 10.9. The summed E-state index contributed by atoms with van der Waals surface area (Å²) < 4.78 is 5.02. The van der Waals surface area contributed by atoms with Gasteiger partial charge in [0, 0.05) is 38.0 Å². The van der Waals surface area contributed by atoms with Crippen LogP contribution in [-0.4, -0.2) is 25.2 Å². The van der Waals surface area contributed by atoms with Gasteiger partial charge in [0.25, 0.3) is 0 Å². The van der Waals surface area contributed by atoms with Crippen LogP contribution in [0.15, 0.2) is 36.7 Å². The van der Waals surface area contributed by atoms with Gasteiger partial charge in [0.2, 0.25) is 0 Å². The van der Waals surface area contributed by atoms with Gasteiger partial charge >= 0.3 is 0 Å². The first-order chi connectivity index (χ1) is 8.90. The number of aromatic nitrogens is 1. The SMILES string of the molecule is COCCCCNCc1ccc2cnccc2c1. The summed E-state index contributed by atoms with van der Waals surface area (Å²) in [6.45, 7) is 2.81. The molecule has 3 heteroatoms. The van der Waals surface area contributed by atoms with Gasteiger partial charge in [-0.3, -0.25) is 4.98 Å². The van der Waals surface area contributed by atoms with Crippen molar-refractivity contribution in [3.05, 3.63) is 42.2 Å². The first kappa shape index (κ1) is 13.0. The molecule has 0 spiro atoms. The van der Waals surface area contributed by atoms with E-state index in [1.165, 1.54) is 16.3 Å². The van der Waals surface area contributed by atoms with Crippen molar-refractivity contribution >= 4 is 10.8 Å². The summed E-state index contributed by atoms with van der Waals surface area (Å²) >= 11 is 0. The van der Waals surface area contributed by atoms with E-state index in [1.807, 2.05) is 12.4 Å². The number of hydrogen-bond donors (Lipinski definition) is 1. The Morgan fingerprint density at radius 3 is 3.00 bits per heavy atom. The summed E-state index contributed by atoms with van der Waals surface area (Å²) in [5.74, 6) is 0. The first-order valence-corrected chi connectivity index (χ1v) is 6.42. The van der Waals surface area contributed by atoms with E-state index >= 15 is 0 Å². The summed E-state index contributed by atoms with van der Waals surface area (Å²) in [6.07, 6.45) is 6.01. The Hall–Kier alpha value is -1.45. The predicted molar refractivity (Wildman–Crippen MR) is 74.6 cm³/mol. The van der Waals surface area contributed by atoms with Gasteiger partial charge in [-0.1, -0.05) is 12.1 Å². The van der Waals surface area contributed by atoms with Gasteiger partial charge in [-0.05, 0) is 42.5 Å². The lowest BCUT2D eigenvalue weighted by Crippen LogP contribution is -2.15. The second-order valence-corrected chi connectivity index (χ2v) is 4.43. The minimum atomic E-state index is 0.852. The molecule has 0 aliphatic heterocycles. The van der Waals surface area contributed by atoms with Crippen LogP contribution in [0.2, 0.25) is 0 Å². The maximum atomic E-state index is 5.02. The van der Waals surface area contributed by atoms with Gasteiger partial charge in [0.15, 0.2) is 0 Å². The van der Waals surface area contributed by atoms with Gasteiger partial charge in [-0.15, -0.1) is 0 Å². The van der Waals surface area contributed by atoms with E-state index in [0.29, 0.717) is 0 Å². The standard InChI is InChI=1S/C15H20N2O/c1-18-9-3-2-7-16-11-13-4-5-15-12-17-8-6-14(15)10-13/h4-6,8,10,12,16H,2-3,7,9,11H2,1H3. The summed E-state index contributed by atoms with van der Waals surface area (Å²) in [6, 6.07) is 8.56. The molecule has 0 aliphatic carbocycles. The largest absolute Gasteiger partial charge is 0.385 e. The van der Waals surface area contributed by atoms with Crippen LogP contribution in [0.1, 0.15) is 18.4 Å². The number of nitrogens with one attached hydrogen (secondary N) is 1. The topological polar surface area (TPSA) is 34.1 Å². The minimum Gasteiger partial charge on any atom is -0.385 e. The molecule has 1 aromatic carbocycles. The molecular weight excluding hydrogens is 224 g/mol. The molecular formula is C15H20N2O. The van der Waals surface area contributed by atoms with E-state index in [0.717, 1.165) is 32.5 Å². The molecule has 0 saturated carbocycles. The average Bonchev–Trinajstić information content (AvgIpc) is 2.42. The zero-order chi connectivity index (χ0) is 12.6. The van der Waals surface area contributed by atoms with Gasteiger partial charge in [0.1, 0.15) is 0 Å². The van der Waals surface area contributed by atoms with E-state index < -0.39 is 0 Å². The van der Waals surface area contributed by atoms with Gasteiger partial charge in [0.05, 0.1) is 0 Å². The molecule has 18 heavy (non-hydrogen) atoms. The average molecular weight is 244 g/mol. The molecule has 96 valence electrons. The number of unbranched alkanes of at least 4 members (excludes halogenated alkanes) is 1. The Morgan fingerprint density at radius 2 is 2.11 bits per heavy atom. The van der Waals surface area contributed by atoms with Crippen LogP contribution in [-0.2, 0) is 11.3 Å². The monoisotopic (exact) mass is 244 g/mol. The van der Waals surface area contributed by atoms with E-state index in [2.05, 4.69) is 34.6 Å². The van der Waals surface area contributed by atoms with E-state index in [-0.39, 0.29) is 0 Å². The fraction of sp³-hybridized carbons (Fsp3) is 0.400. The maximum absolute atomic E-state index is 5.02. The van der Waals surface area contributed by atoms with Crippen molar-refractivity contribution in [1.29, 1.82) is 0 Å². The van der Waals surface area contributed by atoms with Gasteiger partial charge in [-0.2, -0.15) is 0 Å². The molecule has 0 atom stereocenters. The zero-order valence-corrected chi connectivity index (χ0v) is 10.9. The van der Waals surface area contributed by atoms with E-state index in [4.69, 9.17) is 4.74 Å². The third-order valence-corrected chi connectivity index (χ3v) is 2.99. The Bertz CT molecular complexity index is 485. The molecule has 0 amide bonds. The normalized spacial score (nSPS) is 10.9. The fourth-order valence-corrected chi connectivity index (χ4v) is 1.97. The molecule has 1 N–H and O–H groups in total. The van der Waals surface area contributed by atoms with Crippen molar-refractivity contribution < 1.29 is 4.74 Å². The quantitative estimate of drug-likeness (QED) is 0.760. The maximum Gasteiger partial charge on any atom is 0.0462 e. The lowest BCUT2D eigenvalue weighted by atomic mass is 10.1. The Labute approximate surface area is 108 Å². The molecule has 0 unspecified atom stereocenters. The van der Waals surface area contributed by atoms with E-state index in [1.54, 1.807) is 7.11 Å². The number of nitrogens with zero attached hydrogens (tertiary/aromatic N) is 1. The van der Waals surface area contributed by atoms with Gasteiger partial charge in [-0.25, -0.2) is 0 Å². The number of hydrogen-bond acceptors (Lipinski definition) is 3. The lowest BCUT2D eigenvalue weighted by molar-refractivity contribution is 0.192. The number of fused-ring (bicyclic) bond motifs is 1. The van der Waals surface area contributed by atoms with Crippen LogP contribution in [0.5, 0.6) is 0 Å². The molecule has 1 aromatic heterocycles. The smallest absolute Gasteiger partial charge is 0.0462 e. The van der Waals surface area contributed by atoms with Crippen molar-refractivity contribution in [1.82, 2.24) is 10.3 Å². The molecule has 0 aliphatic rings. The van der Waals surface area contributed by atoms with Crippen LogP contribution in [0, 0.1) is 0 Å². The molecule has 0 saturated heterocycles. The molecule has 0 radical (unpaired) electrons. The van der Waals surface area contributed by atoms with Gasteiger partial charge < -0.3 is 10.1 Å². The summed E-state index contributed by atoms with van der Waals surface area (Å²) in [5.41, 5.74) is 1.32. The lowest BCUT2D eigenvalue weighted by Gasteiger charge is -2.06. The number of benzene rings is 1. The number of ether oxygens (including phenoxy) is 1. The van der Waals surface area contributed by atoms with E-state index in [9.17, 15) is 0 Å².